The molecule has 0 unspecified atom stereocenters. The van der Waals surface area contributed by atoms with Gasteiger partial charge in [0, 0.05) is 25.1 Å². The molecule has 2 aromatic rings. The van der Waals surface area contributed by atoms with Gasteiger partial charge in [-0.1, -0.05) is 29.8 Å². The molecule has 0 fully saturated rings. The van der Waals surface area contributed by atoms with Gasteiger partial charge in [0.05, 0.1) is 18.2 Å². The zero-order chi connectivity index (χ0) is 19.4. The molecule has 27 heavy (non-hydrogen) atoms. The van der Waals surface area contributed by atoms with Crippen molar-refractivity contribution in [3.63, 3.8) is 0 Å². The minimum Gasteiger partial charge on any atom is -0.496 e. The van der Waals surface area contributed by atoms with Crippen molar-refractivity contribution in [3.8, 4) is 5.75 Å². The number of ether oxygens (including phenoxy) is 1. The van der Waals surface area contributed by atoms with Gasteiger partial charge in [-0.05, 0) is 31.5 Å². The number of fused-ring (bicyclic) bond motifs is 1. The molecule has 1 N–H and O–H groups in total. The summed E-state index contributed by atoms with van der Waals surface area (Å²) in [5.74, 6) is 0.0186. The topological polar surface area (TPSA) is 75.7 Å². The third-order valence-electron chi connectivity index (χ3n) is 4.58. The molecule has 0 radical (unpaired) electrons. The molecule has 3 amide bonds. The molecule has 2 aromatic carbocycles. The van der Waals surface area contributed by atoms with Crippen LogP contribution >= 0.6 is 0 Å². The molecule has 0 aliphatic carbocycles. The minimum atomic E-state index is -0.288. The Morgan fingerprint density at radius 3 is 2.59 bits per heavy atom. The van der Waals surface area contributed by atoms with Crippen LogP contribution in [0.25, 0.3) is 0 Å². The van der Waals surface area contributed by atoms with E-state index in [1.165, 1.54) is 4.90 Å². The standard InChI is InChI=1S/C21H22N2O4/c1-14-9-10-16-17(12-14)21(26)23(20(16)25)11-5-8-19(24)22-13-15-6-3-4-7-18(15)27-2/h3-4,6-7,9-10,12H,5,8,11,13H2,1-2H3,(H,22,24). The fourth-order valence-corrected chi connectivity index (χ4v) is 3.14. The molecule has 1 aliphatic rings. The number of carbonyl (C=O) groups is 3. The van der Waals surface area contributed by atoms with Crippen LogP contribution in [0.2, 0.25) is 0 Å². The highest BCUT2D eigenvalue weighted by Crippen LogP contribution is 2.24. The van der Waals surface area contributed by atoms with Gasteiger partial charge in [-0.15, -0.1) is 0 Å². The van der Waals surface area contributed by atoms with E-state index in [4.69, 9.17) is 4.74 Å². The Morgan fingerprint density at radius 2 is 1.81 bits per heavy atom. The molecule has 1 heterocycles. The lowest BCUT2D eigenvalue weighted by molar-refractivity contribution is -0.121. The maximum absolute atomic E-state index is 12.4. The maximum atomic E-state index is 12.4. The summed E-state index contributed by atoms with van der Waals surface area (Å²) in [4.78, 5) is 38.1. The van der Waals surface area contributed by atoms with Gasteiger partial charge in [0.2, 0.25) is 5.91 Å². The van der Waals surface area contributed by atoms with Crippen molar-refractivity contribution in [2.45, 2.75) is 26.3 Å². The number of hydrogen-bond acceptors (Lipinski definition) is 4. The van der Waals surface area contributed by atoms with Gasteiger partial charge in [-0.25, -0.2) is 0 Å². The molecular formula is C21H22N2O4. The van der Waals surface area contributed by atoms with Gasteiger partial charge in [-0.2, -0.15) is 0 Å². The molecule has 3 rings (SSSR count). The average molecular weight is 366 g/mol. The quantitative estimate of drug-likeness (QED) is 0.765. The molecule has 0 bridgehead atoms. The number of aryl methyl sites for hydroxylation is 1. The lowest BCUT2D eigenvalue weighted by Gasteiger charge is -2.13. The Labute approximate surface area is 158 Å². The van der Waals surface area contributed by atoms with Gasteiger partial charge in [-0.3, -0.25) is 19.3 Å². The number of para-hydroxylation sites is 1. The van der Waals surface area contributed by atoms with Gasteiger partial charge in [0.15, 0.2) is 0 Å². The van der Waals surface area contributed by atoms with E-state index < -0.39 is 0 Å². The highest BCUT2D eigenvalue weighted by Gasteiger charge is 2.34. The lowest BCUT2D eigenvalue weighted by Crippen LogP contribution is -2.32. The second-order valence-electron chi connectivity index (χ2n) is 6.50. The van der Waals surface area contributed by atoms with Crippen molar-refractivity contribution in [2.24, 2.45) is 0 Å². The molecule has 0 aromatic heterocycles. The van der Waals surface area contributed by atoms with Crippen LogP contribution in [0, 0.1) is 6.92 Å². The normalized spacial score (nSPS) is 12.9. The number of methoxy groups -OCH3 is 1. The van der Waals surface area contributed by atoms with Gasteiger partial charge in [0.25, 0.3) is 11.8 Å². The molecule has 0 spiro atoms. The second-order valence-corrected chi connectivity index (χ2v) is 6.50. The summed E-state index contributed by atoms with van der Waals surface area (Å²) in [5.41, 5.74) is 2.71. The first-order valence-corrected chi connectivity index (χ1v) is 8.86. The Morgan fingerprint density at radius 1 is 1.07 bits per heavy atom. The minimum absolute atomic E-state index is 0.131. The van der Waals surface area contributed by atoms with E-state index >= 15 is 0 Å². The molecule has 0 atom stereocenters. The first kappa shape index (κ1) is 18.6. The maximum Gasteiger partial charge on any atom is 0.261 e. The SMILES string of the molecule is COc1ccccc1CNC(=O)CCCN1C(=O)c2ccc(C)cc2C1=O. The van der Waals surface area contributed by atoms with Crippen LogP contribution in [-0.4, -0.2) is 36.3 Å². The number of imide groups is 1. The van der Waals surface area contributed by atoms with E-state index in [-0.39, 0.29) is 30.7 Å². The van der Waals surface area contributed by atoms with E-state index in [1.54, 1.807) is 19.2 Å². The Kier molecular flexibility index (Phi) is 5.54. The molecule has 1 aliphatic heterocycles. The fraction of sp³-hybridized carbons (Fsp3) is 0.286. The van der Waals surface area contributed by atoms with Gasteiger partial charge < -0.3 is 10.1 Å². The second kappa shape index (κ2) is 8.03. The van der Waals surface area contributed by atoms with E-state index in [0.29, 0.717) is 24.1 Å². The van der Waals surface area contributed by atoms with Crippen molar-refractivity contribution >= 4 is 17.7 Å². The molecule has 6 nitrogen and oxygen atoms in total. The van der Waals surface area contributed by atoms with Crippen LogP contribution in [0.5, 0.6) is 5.75 Å². The number of nitrogens with zero attached hydrogens (tertiary/aromatic N) is 1. The molecule has 0 saturated heterocycles. The number of hydrogen-bond donors (Lipinski definition) is 1. The highest BCUT2D eigenvalue weighted by atomic mass is 16.5. The summed E-state index contributed by atoms with van der Waals surface area (Å²) >= 11 is 0. The van der Waals surface area contributed by atoms with Crippen LogP contribution in [0.1, 0.15) is 44.7 Å². The van der Waals surface area contributed by atoms with E-state index in [2.05, 4.69) is 5.32 Å². The first-order valence-electron chi connectivity index (χ1n) is 8.86. The highest BCUT2D eigenvalue weighted by molar-refractivity contribution is 6.21. The predicted molar refractivity (Wildman–Crippen MR) is 101 cm³/mol. The van der Waals surface area contributed by atoms with Crippen LogP contribution < -0.4 is 10.1 Å². The van der Waals surface area contributed by atoms with Crippen molar-refractivity contribution in [2.75, 3.05) is 13.7 Å². The third kappa shape index (κ3) is 4.00. The molecular weight excluding hydrogens is 344 g/mol. The fourth-order valence-electron chi connectivity index (χ4n) is 3.14. The van der Waals surface area contributed by atoms with E-state index in [1.807, 2.05) is 37.3 Å². The average Bonchev–Trinajstić information content (AvgIpc) is 2.90. The molecule has 140 valence electrons. The zero-order valence-corrected chi connectivity index (χ0v) is 15.5. The number of carbonyl (C=O) groups excluding carboxylic acids is 3. The van der Waals surface area contributed by atoms with Crippen LogP contribution in [0.4, 0.5) is 0 Å². The number of nitrogens with one attached hydrogen (secondary N) is 1. The summed E-state index contributed by atoms with van der Waals surface area (Å²) in [7, 11) is 1.59. The molecule has 0 saturated carbocycles. The van der Waals surface area contributed by atoms with Crippen molar-refractivity contribution in [3.05, 3.63) is 64.7 Å². The van der Waals surface area contributed by atoms with Crippen molar-refractivity contribution < 1.29 is 19.1 Å². The third-order valence-corrected chi connectivity index (χ3v) is 4.58. The molecule has 6 heteroatoms. The summed E-state index contributed by atoms with van der Waals surface area (Å²) in [6.07, 6.45) is 0.657. The van der Waals surface area contributed by atoms with Gasteiger partial charge in [0.1, 0.15) is 5.75 Å². The number of amides is 3. The van der Waals surface area contributed by atoms with E-state index in [9.17, 15) is 14.4 Å². The number of benzene rings is 2. The summed E-state index contributed by atoms with van der Waals surface area (Å²) in [6, 6.07) is 12.7. The Balaban J connectivity index is 1.49. The lowest BCUT2D eigenvalue weighted by atomic mass is 10.1. The van der Waals surface area contributed by atoms with Crippen LogP contribution in [-0.2, 0) is 11.3 Å². The zero-order valence-electron chi connectivity index (χ0n) is 15.5. The number of rotatable bonds is 7. The first-order chi connectivity index (χ1) is 13.0. The predicted octanol–water partition coefficient (Wildman–Crippen LogP) is 2.70. The Bertz CT molecular complexity index is 892. The summed E-state index contributed by atoms with van der Waals surface area (Å²) < 4.78 is 5.26. The van der Waals surface area contributed by atoms with Crippen molar-refractivity contribution in [1.82, 2.24) is 10.2 Å². The smallest absolute Gasteiger partial charge is 0.261 e. The largest absolute Gasteiger partial charge is 0.496 e. The monoisotopic (exact) mass is 366 g/mol. The van der Waals surface area contributed by atoms with E-state index in [0.717, 1.165) is 16.9 Å². The summed E-state index contributed by atoms with van der Waals surface area (Å²) in [5, 5.41) is 2.84. The summed E-state index contributed by atoms with van der Waals surface area (Å²) in [6.45, 7) is 2.48. The van der Waals surface area contributed by atoms with Crippen molar-refractivity contribution in [1.29, 1.82) is 0 Å². The Hall–Kier alpha value is -3.15. The van der Waals surface area contributed by atoms with Gasteiger partial charge >= 0.3 is 0 Å². The van der Waals surface area contributed by atoms with Crippen LogP contribution in [0.15, 0.2) is 42.5 Å². The van der Waals surface area contributed by atoms with Crippen LogP contribution in [0.3, 0.4) is 0 Å².